The molecule has 0 saturated heterocycles. The Balaban J connectivity index is 1.91. The van der Waals surface area contributed by atoms with Gasteiger partial charge in [-0.15, -0.1) is 0 Å². The Morgan fingerprint density at radius 3 is 2.65 bits per heavy atom. The summed E-state index contributed by atoms with van der Waals surface area (Å²) in [4.78, 5) is 35.2. The average molecular weight is 358 g/mol. The number of carbonyl (C=O) groups is 1. The summed E-state index contributed by atoms with van der Waals surface area (Å²) in [6.45, 7) is 1.71. The number of benzene rings is 1. The van der Waals surface area contributed by atoms with Crippen LogP contribution in [0.4, 0.5) is 11.4 Å². The van der Waals surface area contributed by atoms with E-state index in [1.165, 1.54) is 22.8 Å². The van der Waals surface area contributed by atoms with E-state index >= 15 is 0 Å². The van der Waals surface area contributed by atoms with Gasteiger partial charge < -0.3 is 15.2 Å². The lowest BCUT2D eigenvalue weighted by Gasteiger charge is -2.20. The molecule has 1 aliphatic carbocycles. The summed E-state index contributed by atoms with van der Waals surface area (Å²) >= 11 is 0. The number of pyridine rings is 1. The number of hydrogen-bond donors (Lipinski definition) is 2. The number of nitrogens with zero attached hydrogens (tertiary/aromatic N) is 2. The van der Waals surface area contributed by atoms with E-state index in [9.17, 15) is 19.7 Å². The summed E-state index contributed by atoms with van der Waals surface area (Å²) in [6.07, 6.45) is 4.21. The smallest absolute Gasteiger partial charge is 0.270 e. The van der Waals surface area contributed by atoms with Gasteiger partial charge in [-0.3, -0.25) is 19.7 Å². The van der Waals surface area contributed by atoms with E-state index in [4.69, 9.17) is 0 Å². The van der Waals surface area contributed by atoms with Crippen LogP contribution in [0.5, 0.6) is 0 Å². The first-order valence-corrected chi connectivity index (χ1v) is 8.72. The number of hydrogen-bond acceptors (Lipinski definition) is 5. The Morgan fingerprint density at radius 1 is 1.31 bits per heavy atom. The molecule has 0 bridgehead atoms. The quantitative estimate of drug-likeness (QED) is 0.630. The molecule has 26 heavy (non-hydrogen) atoms. The van der Waals surface area contributed by atoms with E-state index < -0.39 is 11.0 Å². The summed E-state index contributed by atoms with van der Waals surface area (Å²) in [6, 6.07) is 5.33. The number of fused-ring (bicyclic) bond motifs is 1. The molecule has 1 amide bonds. The zero-order valence-electron chi connectivity index (χ0n) is 14.8. The molecule has 1 fully saturated rings. The van der Waals surface area contributed by atoms with Crippen LogP contribution < -0.4 is 16.2 Å². The van der Waals surface area contributed by atoms with Crippen molar-refractivity contribution in [2.45, 2.75) is 44.7 Å². The Bertz CT molecular complexity index is 915. The highest BCUT2D eigenvalue weighted by molar-refractivity contribution is 5.95. The van der Waals surface area contributed by atoms with Gasteiger partial charge in [-0.25, -0.2) is 0 Å². The minimum absolute atomic E-state index is 0.0674. The lowest BCUT2D eigenvalue weighted by Crippen LogP contribution is -2.42. The third-order valence-corrected chi connectivity index (χ3v) is 4.91. The van der Waals surface area contributed by atoms with Crippen LogP contribution in [0.15, 0.2) is 29.1 Å². The number of aryl methyl sites for hydroxylation is 1. The van der Waals surface area contributed by atoms with Crippen LogP contribution in [0.3, 0.4) is 0 Å². The number of nitro benzene ring substituents is 1. The number of anilines is 1. The number of amides is 1. The number of nitro groups is 1. The van der Waals surface area contributed by atoms with Crippen molar-refractivity contribution >= 4 is 28.2 Å². The molecular formula is C18H22N4O4. The molecule has 138 valence electrons. The zero-order chi connectivity index (χ0) is 18.8. The highest BCUT2D eigenvalue weighted by atomic mass is 16.6. The molecule has 1 heterocycles. The van der Waals surface area contributed by atoms with Gasteiger partial charge in [-0.1, -0.05) is 12.8 Å². The van der Waals surface area contributed by atoms with Gasteiger partial charge in [0.15, 0.2) is 0 Å². The normalized spacial score (nSPS) is 15.8. The van der Waals surface area contributed by atoms with Crippen molar-refractivity contribution in [1.82, 2.24) is 9.88 Å². The molecule has 3 rings (SSSR count). The van der Waals surface area contributed by atoms with Crippen LogP contribution >= 0.6 is 0 Å². The molecule has 1 aliphatic rings. The molecule has 2 N–H and O–H groups in total. The first kappa shape index (κ1) is 17.9. The maximum Gasteiger partial charge on any atom is 0.270 e. The summed E-state index contributed by atoms with van der Waals surface area (Å²) < 4.78 is 1.42. The van der Waals surface area contributed by atoms with Crippen LogP contribution in [0.25, 0.3) is 10.9 Å². The van der Waals surface area contributed by atoms with Gasteiger partial charge in [0.2, 0.25) is 5.91 Å². The molecule has 1 atom stereocenters. The fourth-order valence-electron chi connectivity index (χ4n) is 3.38. The first-order chi connectivity index (χ1) is 12.4. The molecule has 0 unspecified atom stereocenters. The summed E-state index contributed by atoms with van der Waals surface area (Å²) in [7, 11) is 1.61. The Labute approximate surface area is 150 Å². The lowest BCUT2D eigenvalue weighted by atomic mass is 10.1. The SMILES string of the molecule is C[C@@H](Nc1cc(=O)n(C)c2ccc([N+](=O)[O-])cc12)C(=O)NC1CCCC1. The predicted molar refractivity (Wildman–Crippen MR) is 99.3 cm³/mol. The van der Waals surface area contributed by atoms with Crippen LogP contribution in [-0.4, -0.2) is 27.5 Å². The Morgan fingerprint density at radius 2 is 2.00 bits per heavy atom. The van der Waals surface area contributed by atoms with Crippen molar-refractivity contribution in [2.24, 2.45) is 7.05 Å². The molecular weight excluding hydrogens is 336 g/mol. The second kappa shape index (κ2) is 7.15. The van der Waals surface area contributed by atoms with Gasteiger partial charge in [-0.05, 0) is 25.8 Å². The number of aromatic nitrogens is 1. The molecule has 0 radical (unpaired) electrons. The molecule has 0 aliphatic heterocycles. The molecule has 8 nitrogen and oxygen atoms in total. The minimum Gasteiger partial charge on any atom is -0.373 e. The monoisotopic (exact) mass is 358 g/mol. The highest BCUT2D eigenvalue weighted by Gasteiger charge is 2.21. The average Bonchev–Trinajstić information content (AvgIpc) is 3.11. The molecule has 1 aromatic heterocycles. The fraction of sp³-hybridized carbons (Fsp3) is 0.444. The van der Waals surface area contributed by atoms with Gasteiger partial charge in [0, 0.05) is 42.4 Å². The van der Waals surface area contributed by atoms with E-state index in [-0.39, 0.29) is 23.2 Å². The maximum atomic E-state index is 12.4. The fourth-order valence-corrected chi connectivity index (χ4v) is 3.38. The number of rotatable bonds is 5. The van der Waals surface area contributed by atoms with Gasteiger partial charge in [0.1, 0.15) is 6.04 Å². The number of carbonyl (C=O) groups excluding carboxylic acids is 1. The summed E-state index contributed by atoms with van der Waals surface area (Å²) in [5, 5.41) is 17.7. The van der Waals surface area contributed by atoms with Crippen molar-refractivity contribution in [3.63, 3.8) is 0 Å². The lowest BCUT2D eigenvalue weighted by molar-refractivity contribution is -0.384. The standard InChI is InChI=1S/C18H22N4O4/c1-11(18(24)20-12-5-3-4-6-12)19-15-10-17(23)21(2)16-8-7-13(22(25)26)9-14(15)16/h7-12,19H,3-6H2,1-2H3,(H,20,24)/t11-/m1/s1. The van der Waals surface area contributed by atoms with Crippen molar-refractivity contribution in [3.8, 4) is 0 Å². The van der Waals surface area contributed by atoms with Crippen LogP contribution in [-0.2, 0) is 11.8 Å². The highest BCUT2D eigenvalue weighted by Crippen LogP contribution is 2.26. The van der Waals surface area contributed by atoms with Gasteiger partial charge in [-0.2, -0.15) is 0 Å². The number of non-ortho nitro benzene ring substituents is 1. The van der Waals surface area contributed by atoms with E-state index in [2.05, 4.69) is 10.6 Å². The minimum atomic E-state index is -0.565. The third kappa shape index (κ3) is 3.54. The molecule has 8 heteroatoms. The second-order valence-electron chi connectivity index (χ2n) is 6.77. The molecule has 2 aromatic rings. The van der Waals surface area contributed by atoms with E-state index in [0.717, 1.165) is 25.7 Å². The van der Waals surface area contributed by atoms with Gasteiger partial charge in [0.25, 0.3) is 11.2 Å². The molecule has 0 spiro atoms. The topological polar surface area (TPSA) is 106 Å². The first-order valence-electron chi connectivity index (χ1n) is 8.72. The van der Waals surface area contributed by atoms with Crippen molar-refractivity contribution in [1.29, 1.82) is 0 Å². The summed E-state index contributed by atoms with van der Waals surface area (Å²) in [5.74, 6) is -0.142. The van der Waals surface area contributed by atoms with Gasteiger partial charge >= 0.3 is 0 Å². The zero-order valence-corrected chi connectivity index (χ0v) is 14.8. The third-order valence-electron chi connectivity index (χ3n) is 4.91. The van der Waals surface area contributed by atoms with E-state index in [0.29, 0.717) is 16.6 Å². The van der Waals surface area contributed by atoms with Crippen LogP contribution in [0.2, 0.25) is 0 Å². The molecule has 1 saturated carbocycles. The number of nitrogens with one attached hydrogen (secondary N) is 2. The Kier molecular flexibility index (Phi) is 4.92. The van der Waals surface area contributed by atoms with Crippen molar-refractivity contribution < 1.29 is 9.72 Å². The maximum absolute atomic E-state index is 12.4. The van der Waals surface area contributed by atoms with Crippen LogP contribution in [0.1, 0.15) is 32.6 Å². The van der Waals surface area contributed by atoms with Crippen molar-refractivity contribution in [2.75, 3.05) is 5.32 Å². The van der Waals surface area contributed by atoms with Gasteiger partial charge in [0.05, 0.1) is 10.4 Å². The molecule has 1 aromatic carbocycles. The van der Waals surface area contributed by atoms with Crippen molar-refractivity contribution in [3.05, 3.63) is 44.7 Å². The van der Waals surface area contributed by atoms with E-state index in [1.54, 1.807) is 20.0 Å². The predicted octanol–water partition coefficient (Wildman–Crippen LogP) is 2.31. The van der Waals surface area contributed by atoms with E-state index in [1.807, 2.05) is 0 Å². The largest absolute Gasteiger partial charge is 0.373 e. The van der Waals surface area contributed by atoms with Crippen LogP contribution in [0, 0.1) is 10.1 Å². The Hall–Kier alpha value is -2.90. The second-order valence-corrected chi connectivity index (χ2v) is 6.77. The summed E-state index contributed by atoms with van der Waals surface area (Å²) in [5.41, 5.74) is 0.661.